The summed E-state index contributed by atoms with van der Waals surface area (Å²) in [6.07, 6.45) is 7.72. The minimum Gasteiger partial charge on any atom is -0.346 e. The smallest absolute Gasteiger partial charge is 0.277 e. The van der Waals surface area contributed by atoms with E-state index in [1.807, 2.05) is 18.2 Å². The highest BCUT2D eigenvalue weighted by atomic mass is 32.2. The van der Waals surface area contributed by atoms with Crippen LogP contribution in [0.2, 0.25) is 0 Å². The van der Waals surface area contributed by atoms with Gasteiger partial charge in [-0.05, 0) is 37.1 Å². The SMILES string of the molecule is CNS(=O)(=O)NC1(C)CC=C(F)C(Cc2c[nH]c3ncc(-c4cccnc4)cc23)=C1F. The molecule has 0 saturated heterocycles. The summed E-state index contributed by atoms with van der Waals surface area (Å²) in [4.78, 5) is 11.5. The molecule has 1 unspecified atom stereocenters. The second-order valence-electron chi connectivity index (χ2n) is 7.54. The molecule has 0 fully saturated rings. The first-order valence-corrected chi connectivity index (χ1v) is 11.0. The van der Waals surface area contributed by atoms with E-state index in [0.717, 1.165) is 16.5 Å². The molecule has 3 aromatic heterocycles. The number of allylic oxidation sites excluding steroid dienone is 2. The van der Waals surface area contributed by atoms with E-state index in [1.54, 1.807) is 24.8 Å². The predicted octanol–water partition coefficient (Wildman–Crippen LogP) is 3.46. The van der Waals surface area contributed by atoms with Crippen molar-refractivity contribution in [3.05, 3.63) is 71.9 Å². The molecule has 0 saturated carbocycles. The van der Waals surface area contributed by atoms with E-state index in [0.29, 0.717) is 11.2 Å². The maximum absolute atomic E-state index is 15.4. The highest BCUT2D eigenvalue weighted by molar-refractivity contribution is 7.87. The Labute approximate surface area is 178 Å². The van der Waals surface area contributed by atoms with Crippen LogP contribution in [0.5, 0.6) is 0 Å². The minimum atomic E-state index is -3.93. The van der Waals surface area contributed by atoms with Gasteiger partial charge in [-0.1, -0.05) is 6.07 Å². The second-order valence-corrected chi connectivity index (χ2v) is 9.16. The van der Waals surface area contributed by atoms with Crippen LogP contribution in [0, 0.1) is 0 Å². The van der Waals surface area contributed by atoms with Gasteiger partial charge in [0.15, 0.2) is 0 Å². The van der Waals surface area contributed by atoms with E-state index in [9.17, 15) is 12.8 Å². The van der Waals surface area contributed by atoms with Crippen LogP contribution in [0.15, 0.2) is 66.3 Å². The standard InChI is InChI=1S/C21H21F2N5O2S/c1-21(28-31(29,30)24-2)6-5-18(22)17(19(21)23)9-15-12-27-20-16(15)8-14(11-26-20)13-4-3-7-25-10-13/h3-5,7-8,10-12,24,28H,6,9H2,1-2H3,(H,26,27). The number of halogens is 2. The van der Waals surface area contributed by atoms with Crippen molar-refractivity contribution in [1.29, 1.82) is 0 Å². The molecule has 3 aromatic rings. The number of H-pyrrole nitrogens is 1. The first-order valence-electron chi connectivity index (χ1n) is 9.56. The molecule has 1 aliphatic rings. The van der Waals surface area contributed by atoms with E-state index in [4.69, 9.17) is 0 Å². The largest absolute Gasteiger partial charge is 0.346 e. The zero-order chi connectivity index (χ0) is 22.2. The van der Waals surface area contributed by atoms with Gasteiger partial charge in [0.05, 0.1) is 5.54 Å². The van der Waals surface area contributed by atoms with Crippen LogP contribution < -0.4 is 9.44 Å². The molecule has 0 aromatic carbocycles. The van der Waals surface area contributed by atoms with E-state index in [-0.39, 0.29) is 18.4 Å². The molecule has 0 spiro atoms. The maximum atomic E-state index is 15.4. The molecule has 4 rings (SSSR count). The Kier molecular flexibility index (Phi) is 5.46. The van der Waals surface area contributed by atoms with Crippen molar-refractivity contribution in [2.24, 2.45) is 0 Å². The van der Waals surface area contributed by atoms with Gasteiger partial charge in [0.25, 0.3) is 10.2 Å². The summed E-state index contributed by atoms with van der Waals surface area (Å²) in [5.74, 6) is -1.55. The number of aromatic amines is 1. The second kappa shape index (κ2) is 7.95. The summed E-state index contributed by atoms with van der Waals surface area (Å²) in [5, 5.41) is 0.720. The lowest BCUT2D eigenvalue weighted by Gasteiger charge is -2.32. The van der Waals surface area contributed by atoms with Crippen molar-refractivity contribution in [1.82, 2.24) is 24.4 Å². The summed E-state index contributed by atoms with van der Waals surface area (Å²) in [7, 11) is -2.72. The number of hydrogen-bond acceptors (Lipinski definition) is 4. The highest BCUT2D eigenvalue weighted by Crippen LogP contribution is 2.38. The van der Waals surface area contributed by atoms with Gasteiger partial charge in [-0.2, -0.15) is 13.1 Å². The molecule has 0 aliphatic heterocycles. The van der Waals surface area contributed by atoms with Crippen molar-refractivity contribution in [3.8, 4) is 11.1 Å². The Morgan fingerprint density at radius 3 is 2.77 bits per heavy atom. The molecule has 0 bridgehead atoms. The first-order chi connectivity index (χ1) is 14.7. The van der Waals surface area contributed by atoms with Crippen LogP contribution in [-0.4, -0.2) is 36.0 Å². The van der Waals surface area contributed by atoms with Crippen LogP contribution in [0.3, 0.4) is 0 Å². The molecule has 3 N–H and O–H groups in total. The average Bonchev–Trinajstić information content (AvgIpc) is 3.17. The van der Waals surface area contributed by atoms with Crippen molar-refractivity contribution < 1.29 is 17.2 Å². The van der Waals surface area contributed by atoms with Crippen LogP contribution in [0.4, 0.5) is 8.78 Å². The van der Waals surface area contributed by atoms with Crippen molar-refractivity contribution in [2.45, 2.75) is 25.3 Å². The summed E-state index contributed by atoms with van der Waals surface area (Å²) in [5.41, 5.74) is 1.14. The van der Waals surface area contributed by atoms with Gasteiger partial charge in [0.1, 0.15) is 17.3 Å². The molecule has 10 heteroatoms. The van der Waals surface area contributed by atoms with Gasteiger partial charge in [-0.25, -0.2) is 18.5 Å². The van der Waals surface area contributed by atoms with Crippen molar-refractivity contribution in [2.75, 3.05) is 7.05 Å². The molecule has 1 aliphatic carbocycles. The number of pyridine rings is 2. The number of rotatable bonds is 6. The van der Waals surface area contributed by atoms with Gasteiger partial charge in [0.2, 0.25) is 0 Å². The molecular formula is C21H21F2N5O2S. The maximum Gasteiger partial charge on any atom is 0.277 e. The number of fused-ring (bicyclic) bond motifs is 1. The quantitative estimate of drug-likeness (QED) is 0.541. The molecule has 31 heavy (non-hydrogen) atoms. The van der Waals surface area contributed by atoms with Gasteiger partial charge < -0.3 is 4.98 Å². The molecule has 7 nitrogen and oxygen atoms in total. The third-order valence-electron chi connectivity index (χ3n) is 5.33. The summed E-state index contributed by atoms with van der Waals surface area (Å²) in [6.45, 7) is 1.39. The first kappa shape index (κ1) is 21.3. The van der Waals surface area contributed by atoms with E-state index in [2.05, 4.69) is 24.4 Å². The third-order valence-corrected chi connectivity index (χ3v) is 6.59. The van der Waals surface area contributed by atoms with E-state index in [1.165, 1.54) is 20.0 Å². The van der Waals surface area contributed by atoms with Crippen LogP contribution in [-0.2, 0) is 16.6 Å². The normalized spacial score (nSPS) is 19.7. The highest BCUT2D eigenvalue weighted by Gasteiger charge is 2.39. The fourth-order valence-corrected chi connectivity index (χ4v) is 4.49. The van der Waals surface area contributed by atoms with Gasteiger partial charge in [-0.15, -0.1) is 0 Å². The average molecular weight is 445 g/mol. The molecular weight excluding hydrogens is 424 g/mol. The Bertz CT molecular complexity index is 1300. The Morgan fingerprint density at radius 1 is 1.26 bits per heavy atom. The lowest BCUT2D eigenvalue weighted by atomic mass is 9.86. The van der Waals surface area contributed by atoms with Gasteiger partial charge >= 0.3 is 0 Å². The minimum absolute atomic E-state index is 0.0663. The zero-order valence-corrected chi connectivity index (χ0v) is 17.7. The third kappa shape index (κ3) is 4.14. The summed E-state index contributed by atoms with van der Waals surface area (Å²) in [6, 6.07) is 5.59. The molecule has 162 valence electrons. The van der Waals surface area contributed by atoms with E-state index >= 15 is 4.39 Å². The van der Waals surface area contributed by atoms with Crippen LogP contribution in [0.1, 0.15) is 18.9 Å². The van der Waals surface area contributed by atoms with Gasteiger partial charge in [0, 0.05) is 60.3 Å². The molecule has 1 atom stereocenters. The fourth-order valence-electron chi connectivity index (χ4n) is 3.63. The Hall–Kier alpha value is -2.95. The molecule has 3 heterocycles. The number of hydrogen-bond donors (Lipinski definition) is 3. The predicted molar refractivity (Wildman–Crippen MR) is 114 cm³/mol. The van der Waals surface area contributed by atoms with Crippen molar-refractivity contribution in [3.63, 3.8) is 0 Å². The van der Waals surface area contributed by atoms with Crippen LogP contribution >= 0.6 is 0 Å². The monoisotopic (exact) mass is 445 g/mol. The Balaban J connectivity index is 1.73. The van der Waals surface area contributed by atoms with E-state index < -0.39 is 27.4 Å². The lowest BCUT2D eigenvalue weighted by Crippen LogP contribution is -2.51. The van der Waals surface area contributed by atoms with Crippen molar-refractivity contribution >= 4 is 21.2 Å². The molecule has 0 radical (unpaired) electrons. The zero-order valence-electron chi connectivity index (χ0n) is 16.9. The molecule has 0 amide bonds. The topological polar surface area (TPSA) is 99.8 Å². The summed E-state index contributed by atoms with van der Waals surface area (Å²) < 4.78 is 58.2. The summed E-state index contributed by atoms with van der Waals surface area (Å²) >= 11 is 0. The number of nitrogens with one attached hydrogen (secondary N) is 3. The number of aromatic nitrogens is 3. The lowest BCUT2D eigenvalue weighted by molar-refractivity contribution is 0.368. The fraction of sp³-hybridized carbons (Fsp3) is 0.238. The van der Waals surface area contributed by atoms with Crippen LogP contribution in [0.25, 0.3) is 22.2 Å². The Morgan fingerprint density at radius 2 is 2.06 bits per heavy atom. The van der Waals surface area contributed by atoms with Gasteiger partial charge in [-0.3, -0.25) is 4.98 Å². The number of nitrogens with zero attached hydrogens (tertiary/aromatic N) is 2.